The van der Waals surface area contributed by atoms with E-state index in [-0.39, 0.29) is 18.1 Å². The van der Waals surface area contributed by atoms with Crippen molar-refractivity contribution < 1.29 is 14.3 Å². The third-order valence-corrected chi connectivity index (χ3v) is 4.45. The molecule has 2 rings (SSSR count). The Labute approximate surface area is 139 Å². The van der Waals surface area contributed by atoms with Gasteiger partial charge < -0.3 is 14.8 Å². The number of benzene rings is 1. The van der Waals surface area contributed by atoms with E-state index in [9.17, 15) is 4.79 Å². The molecule has 2 unspecified atom stereocenters. The Bertz CT molecular complexity index is 480. The molecule has 0 aliphatic carbocycles. The predicted octanol–water partition coefficient (Wildman–Crippen LogP) is 2.37. The number of hydrogen-bond acceptors (Lipinski definition) is 4. The summed E-state index contributed by atoms with van der Waals surface area (Å²) in [5.41, 5.74) is 1.18. The van der Waals surface area contributed by atoms with Crippen molar-refractivity contribution in [2.75, 3.05) is 33.4 Å². The number of rotatable bonds is 8. The number of nitrogens with zero attached hydrogens (tertiary/aromatic N) is 1. The van der Waals surface area contributed by atoms with Gasteiger partial charge in [-0.3, -0.25) is 9.69 Å². The number of hydrogen-bond donors (Lipinski definition) is 1. The van der Waals surface area contributed by atoms with E-state index in [1.165, 1.54) is 5.56 Å². The van der Waals surface area contributed by atoms with Crippen molar-refractivity contribution in [1.82, 2.24) is 10.2 Å². The van der Waals surface area contributed by atoms with Crippen LogP contribution >= 0.6 is 0 Å². The largest absolute Gasteiger partial charge is 0.497 e. The van der Waals surface area contributed by atoms with E-state index in [4.69, 9.17) is 9.47 Å². The van der Waals surface area contributed by atoms with E-state index >= 15 is 0 Å². The Morgan fingerprint density at radius 2 is 2.04 bits per heavy atom. The molecule has 5 nitrogen and oxygen atoms in total. The maximum Gasteiger partial charge on any atom is 0.249 e. The SMILES string of the molecule is CCN(CC)C(CNC(=O)C1CCCO1)c1ccc(OC)cc1. The van der Waals surface area contributed by atoms with Gasteiger partial charge in [0.1, 0.15) is 11.9 Å². The molecule has 23 heavy (non-hydrogen) atoms. The molecule has 0 saturated carbocycles. The second-order valence-electron chi connectivity index (χ2n) is 5.76. The Kier molecular flexibility index (Phi) is 6.86. The van der Waals surface area contributed by atoms with Gasteiger partial charge >= 0.3 is 0 Å². The van der Waals surface area contributed by atoms with E-state index in [1.807, 2.05) is 12.1 Å². The molecule has 1 saturated heterocycles. The van der Waals surface area contributed by atoms with Crippen molar-refractivity contribution in [1.29, 1.82) is 0 Å². The van der Waals surface area contributed by atoms with Gasteiger partial charge in [0, 0.05) is 13.2 Å². The van der Waals surface area contributed by atoms with E-state index in [0.717, 1.165) is 31.7 Å². The van der Waals surface area contributed by atoms with Gasteiger partial charge in [0.25, 0.3) is 0 Å². The summed E-state index contributed by atoms with van der Waals surface area (Å²) in [6.45, 7) is 7.43. The molecule has 1 aromatic rings. The average molecular weight is 320 g/mol. The van der Waals surface area contributed by atoms with Crippen LogP contribution in [-0.2, 0) is 9.53 Å². The number of carbonyl (C=O) groups is 1. The first-order valence-corrected chi connectivity index (χ1v) is 8.46. The lowest BCUT2D eigenvalue weighted by Gasteiger charge is -2.30. The summed E-state index contributed by atoms with van der Waals surface area (Å²) >= 11 is 0. The van der Waals surface area contributed by atoms with E-state index in [1.54, 1.807) is 7.11 Å². The van der Waals surface area contributed by atoms with Crippen molar-refractivity contribution in [3.8, 4) is 5.75 Å². The molecular weight excluding hydrogens is 292 g/mol. The topological polar surface area (TPSA) is 50.8 Å². The molecular formula is C18H28N2O3. The van der Waals surface area contributed by atoms with E-state index < -0.39 is 0 Å². The number of ether oxygens (including phenoxy) is 2. The second kappa shape index (κ2) is 8.89. The molecule has 0 spiro atoms. The fourth-order valence-electron chi connectivity index (χ4n) is 3.04. The van der Waals surface area contributed by atoms with Crippen molar-refractivity contribution in [3.63, 3.8) is 0 Å². The first-order valence-electron chi connectivity index (χ1n) is 8.46. The Morgan fingerprint density at radius 1 is 1.35 bits per heavy atom. The molecule has 1 aliphatic rings. The first-order chi connectivity index (χ1) is 11.2. The highest BCUT2D eigenvalue weighted by Gasteiger charge is 2.25. The van der Waals surface area contributed by atoms with Crippen molar-refractivity contribution >= 4 is 5.91 Å². The lowest BCUT2D eigenvalue weighted by atomic mass is 10.0. The van der Waals surface area contributed by atoms with Gasteiger partial charge in [0.05, 0.1) is 13.2 Å². The van der Waals surface area contributed by atoms with Crippen LogP contribution in [0.15, 0.2) is 24.3 Å². The highest BCUT2D eigenvalue weighted by Crippen LogP contribution is 2.23. The fourth-order valence-corrected chi connectivity index (χ4v) is 3.04. The molecule has 1 fully saturated rings. The lowest BCUT2D eigenvalue weighted by Crippen LogP contribution is -2.41. The lowest BCUT2D eigenvalue weighted by molar-refractivity contribution is -0.130. The summed E-state index contributed by atoms with van der Waals surface area (Å²) in [6.07, 6.45) is 1.52. The molecule has 1 aliphatic heterocycles. The van der Waals surface area contributed by atoms with Crippen LogP contribution in [0.3, 0.4) is 0 Å². The number of likely N-dealkylation sites (N-methyl/N-ethyl adjacent to an activating group) is 1. The van der Waals surface area contributed by atoms with Gasteiger partial charge in [-0.05, 0) is 43.6 Å². The molecule has 2 atom stereocenters. The summed E-state index contributed by atoms with van der Waals surface area (Å²) < 4.78 is 10.7. The molecule has 0 bridgehead atoms. The minimum Gasteiger partial charge on any atom is -0.497 e. The third-order valence-electron chi connectivity index (χ3n) is 4.45. The minimum atomic E-state index is -0.275. The van der Waals surface area contributed by atoms with Crippen LogP contribution in [0.4, 0.5) is 0 Å². The fraction of sp³-hybridized carbons (Fsp3) is 0.611. The van der Waals surface area contributed by atoms with Gasteiger partial charge in [-0.15, -0.1) is 0 Å². The van der Waals surface area contributed by atoms with Gasteiger partial charge in [-0.25, -0.2) is 0 Å². The Morgan fingerprint density at radius 3 is 2.57 bits per heavy atom. The first kappa shape index (κ1) is 17.8. The number of nitrogens with one attached hydrogen (secondary N) is 1. The van der Waals surface area contributed by atoms with Crippen molar-refractivity contribution in [3.05, 3.63) is 29.8 Å². The van der Waals surface area contributed by atoms with Crippen LogP contribution in [0.1, 0.15) is 38.3 Å². The van der Waals surface area contributed by atoms with E-state index in [2.05, 4.69) is 36.2 Å². The van der Waals surface area contributed by atoms with Crippen LogP contribution in [-0.4, -0.2) is 50.3 Å². The molecule has 5 heteroatoms. The third kappa shape index (κ3) is 4.69. The standard InChI is InChI=1S/C18H28N2O3/c1-4-20(5-2)16(14-8-10-15(22-3)11-9-14)13-19-18(21)17-7-6-12-23-17/h8-11,16-17H,4-7,12-13H2,1-3H3,(H,19,21). The molecule has 128 valence electrons. The van der Waals surface area contributed by atoms with E-state index in [0.29, 0.717) is 13.2 Å². The van der Waals surface area contributed by atoms with Crippen LogP contribution < -0.4 is 10.1 Å². The molecule has 0 aromatic heterocycles. The van der Waals surface area contributed by atoms with Gasteiger partial charge in [-0.1, -0.05) is 26.0 Å². The number of amides is 1. The Hall–Kier alpha value is -1.59. The zero-order chi connectivity index (χ0) is 16.7. The summed E-state index contributed by atoms with van der Waals surface area (Å²) in [4.78, 5) is 14.6. The number of methoxy groups -OCH3 is 1. The van der Waals surface area contributed by atoms with Crippen LogP contribution in [0.5, 0.6) is 5.75 Å². The zero-order valence-corrected chi connectivity index (χ0v) is 14.4. The Balaban J connectivity index is 2.05. The molecule has 1 amide bonds. The monoisotopic (exact) mass is 320 g/mol. The summed E-state index contributed by atoms with van der Waals surface area (Å²) in [5.74, 6) is 0.851. The maximum absolute atomic E-state index is 12.2. The minimum absolute atomic E-state index is 0.00756. The van der Waals surface area contributed by atoms with Gasteiger partial charge in [-0.2, -0.15) is 0 Å². The highest BCUT2D eigenvalue weighted by atomic mass is 16.5. The van der Waals surface area contributed by atoms with Gasteiger partial charge in [0.15, 0.2) is 0 Å². The molecule has 1 heterocycles. The average Bonchev–Trinajstić information content (AvgIpc) is 3.13. The number of carbonyl (C=O) groups excluding carboxylic acids is 1. The van der Waals surface area contributed by atoms with Gasteiger partial charge in [0.2, 0.25) is 5.91 Å². The zero-order valence-electron chi connectivity index (χ0n) is 14.4. The normalized spacial score (nSPS) is 18.9. The van der Waals surface area contributed by atoms with Crippen LogP contribution in [0.2, 0.25) is 0 Å². The molecule has 0 radical (unpaired) electrons. The van der Waals surface area contributed by atoms with Crippen molar-refractivity contribution in [2.24, 2.45) is 0 Å². The summed E-state index contributed by atoms with van der Waals surface area (Å²) in [6, 6.07) is 8.22. The quantitative estimate of drug-likeness (QED) is 0.799. The molecule has 1 N–H and O–H groups in total. The predicted molar refractivity (Wildman–Crippen MR) is 90.6 cm³/mol. The maximum atomic E-state index is 12.2. The van der Waals surface area contributed by atoms with Crippen molar-refractivity contribution in [2.45, 2.75) is 38.8 Å². The summed E-state index contributed by atoms with van der Waals surface area (Å²) in [5, 5.41) is 3.06. The van der Waals surface area contributed by atoms with Crippen LogP contribution in [0.25, 0.3) is 0 Å². The summed E-state index contributed by atoms with van der Waals surface area (Å²) in [7, 11) is 1.67. The smallest absolute Gasteiger partial charge is 0.249 e. The highest BCUT2D eigenvalue weighted by molar-refractivity contribution is 5.81. The second-order valence-corrected chi connectivity index (χ2v) is 5.76. The van der Waals surface area contributed by atoms with Crippen LogP contribution in [0, 0.1) is 0 Å². The molecule has 1 aromatic carbocycles.